The Balaban J connectivity index is 3.45. The van der Waals surface area contributed by atoms with E-state index in [2.05, 4.69) is 33.0 Å². The SMILES string of the molecule is COCC(NCCCCC(C)C)C(C)C. The second kappa shape index (κ2) is 9.17. The highest BCUT2D eigenvalue weighted by atomic mass is 16.5. The van der Waals surface area contributed by atoms with Crippen molar-refractivity contribution < 1.29 is 4.74 Å². The van der Waals surface area contributed by atoms with Gasteiger partial charge in [0, 0.05) is 13.2 Å². The lowest BCUT2D eigenvalue weighted by molar-refractivity contribution is 0.147. The van der Waals surface area contributed by atoms with Crippen LogP contribution in [-0.2, 0) is 4.74 Å². The van der Waals surface area contributed by atoms with E-state index in [1.54, 1.807) is 7.11 Å². The van der Waals surface area contributed by atoms with Crippen LogP contribution in [0, 0.1) is 11.8 Å². The topological polar surface area (TPSA) is 21.3 Å². The molecule has 0 radical (unpaired) electrons. The quantitative estimate of drug-likeness (QED) is 0.597. The van der Waals surface area contributed by atoms with Crippen molar-refractivity contribution in [1.29, 1.82) is 0 Å². The molecule has 1 atom stereocenters. The minimum atomic E-state index is 0.508. The van der Waals surface area contributed by atoms with Crippen molar-refractivity contribution in [2.45, 2.75) is 53.0 Å². The first-order valence-corrected chi connectivity index (χ1v) is 6.30. The lowest BCUT2D eigenvalue weighted by atomic mass is 10.0. The summed E-state index contributed by atoms with van der Waals surface area (Å²) in [5.41, 5.74) is 0. The van der Waals surface area contributed by atoms with Crippen LogP contribution in [0.4, 0.5) is 0 Å². The second-order valence-electron chi connectivity index (χ2n) is 5.15. The molecule has 0 aliphatic carbocycles. The van der Waals surface area contributed by atoms with Crippen LogP contribution in [0.15, 0.2) is 0 Å². The molecule has 0 bridgehead atoms. The Morgan fingerprint density at radius 3 is 2.20 bits per heavy atom. The third-order valence-corrected chi connectivity index (χ3v) is 2.77. The largest absolute Gasteiger partial charge is 0.383 e. The van der Waals surface area contributed by atoms with Crippen LogP contribution in [0.1, 0.15) is 47.0 Å². The molecule has 92 valence electrons. The van der Waals surface area contributed by atoms with Crippen molar-refractivity contribution in [2.75, 3.05) is 20.3 Å². The molecule has 0 rings (SSSR count). The summed E-state index contributed by atoms with van der Waals surface area (Å²) in [6.07, 6.45) is 3.96. The zero-order valence-corrected chi connectivity index (χ0v) is 11.2. The van der Waals surface area contributed by atoms with Crippen molar-refractivity contribution in [3.8, 4) is 0 Å². The second-order valence-corrected chi connectivity index (χ2v) is 5.15. The molecule has 0 fully saturated rings. The molecule has 1 N–H and O–H groups in total. The standard InChI is InChI=1S/C13H29NO/c1-11(2)8-6-7-9-14-13(10-15-5)12(3)4/h11-14H,6-10H2,1-5H3. The molecule has 0 aromatic rings. The predicted molar refractivity (Wildman–Crippen MR) is 67.2 cm³/mol. The number of nitrogens with one attached hydrogen (secondary N) is 1. The average molecular weight is 215 g/mol. The molecule has 0 aliphatic rings. The molecular formula is C13H29NO. The molecule has 0 amide bonds. The summed E-state index contributed by atoms with van der Waals surface area (Å²) >= 11 is 0. The van der Waals surface area contributed by atoms with Gasteiger partial charge in [0.05, 0.1) is 6.61 Å². The van der Waals surface area contributed by atoms with Crippen molar-refractivity contribution in [3.63, 3.8) is 0 Å². The molecule has 0 heterocycles. The van der Waals surface area contributed by atoms with Gasteiger partial charge in [0.25, 0.3) is 0 Å². The van der Waals surface area contributed by atoms with Gasteiger partial charge in [-0.3, -0.25) is 0 Å². The highest BCUT2D eigenvalue weighted by molar-refractivity contribution is 4.69. The Hall–Kier alpha value is -0.0800. The van der Waals surface area contributed by atoms with Crippen LogP contribution < -0.4 is 5.32 Å². The van der Waals surface area contributed by atoms with E-state index in [-0.39, 0.29) is 0 Å². The maximum atomic E-state index is 5.20. The zero-order valence-electron chi connectivity index (χ0n) is 11.2. The summed E-state index contributed by atoms with van der Waals surface area (Å²) in [7, 11) is 1.77. The molecule has 0 saturated heterocycles. The summed E-state index contributed by atoms with van der Waals surface area (Å²) in [5, 5.41) is 3.57. The fourth-order valence-electron chi connectivity index (χ4n) is 1.63. The van der Waals surface area contributed by atoms with E-state index < -0.39 is 0 Å². The van der Waals surface area contributed by atoms with Crippen molar-refractivity contribution in [1.82, 2.24) is 5.32 Å². The molecule has 0 spiro atoms. The first-order valence-electron chi connectivity index (χ1n) is 6.30. The fraction of sp³-hybridized carbons (Fsp3) is 1.00. The van der Waals surface area contributed by atoms with Gasteiger partial charge in [0.2, 0.25) is 0 Å². The van der Waals surface area contributed by atoms with E-state index in [1.165, 1.54) is 19.3 Å². The predicted octanol–water partition coefficient (Wildman–Crippen LogP) is 3.07. The Labute approximate surface area is 95.8 Å². The monoisotopic (exact) mass is 215 g/mol. The summed E-state index contributed by atoms with van der Waals surface area (Å²) in [6, 6.07) is 0.508. The van der Waals surface area contributed by atoms with Crippen LogP contribution in [0.3, 0.4) is 0 Å². The van der Waals surface area contributed by atoms with Gasteiger partial charge in [-0.2, -0.15) is 0 Å². The van der Waals surface area contributed by atoms with E-state index >= 15 is 0 Å². The fourth-order valence-corrected chi connectivity index (χ4v) is 1.63. The summed E-state index contributed by atoms with van der Waals surface area (Å²) in [5.74, 6) is 1.49. The minimum absolute atomic E-state index is 0.508. The van der Waals surface area contributed by atoms with Gasteiger partial charge in [-0.05, 0) is 24.8 Å². The maximum Gasteiger partial charge on any atom is 0.0618 e. The van der Waals surface area contributed by atoms with Gasteiger partial charge in [0.1, 0.15) is 0 Å². The zero-order chi connectivity index (χ0) is 11.7. The van der Waals surface area contributed by atoms with Gasteiger partial charge in [-0.25, -0.2) is 0 Å². The molecule has 1 unspecified atom stereocenters. The first-order chi connectivity index (χ1) is 7.07. The summed E-state index contributed by atoms with van der Waals surface area (Å²) in [6.45, 7) is 11.0. The van der Waals surface area contributed by atoms with Gasteiger partial charge in [0.15, 0.2) is 0 Å². The lowest BCUT2D eigenvalue weighted by Crippen LogP contribution is -2.38. The van der Waals surface area contributed by atoms with Crippen LogP contribution in [0.25, 0.3) is 0 Å². The molecule has 0 aromatic carbocycles. The van der Waals surface area contributed by atoms with Crippen LogP contribution in [-0.4, -0.2) is 26.3 Å². The van der Waals surface area contributed by atoms with E-state index in [0.717, 1.165) is 19.1 Å². The smallest absolute Gasteiger partial charge is 0.0618 e. The summed E-state index contributed by atoms with van der Waals surface area (Å²) in [4.78, 5) is 0. The molecule has 0 aliphatic heterocycles. The van der Waals surface area contributed by atoms with E-state index in [4.69, 9.17) is 4.74 Å². The number of hydrogen-bond acceptors (Lipinski definition) is 2. The third-order valence-electron chi connectivity index (χ3n) is 2.77. The number of rotatable bonds is 9. The summed E-state index contributed by atoms with van der Waals surface area (Å²) < 4.78 is 5.20. The average Bonchev–Trinajstić information content (AvgIpc) is 2.15. The van der Waals surface area contributed by atoms with E-state index in [1.807, 2.05) is 0 Å². The van der Waals surface area contributed by atoms with Gasteiger partial charge >= 0.3 is 0 Å². The van der Waals surface area contributed by atoms with E-state index in [0.29, 0.717) is 12.0 Å². The number of methoxy groups -OCH3 is 1. The van der Waals surface area contributed by atoms with Gasteiger partial charge in [-0.15, -0.1) is 0 Å². The molecule has 0 saturated carbocycles. The number of unbranched alkanes of at least 4 members (excludes halogenated alkanes) is 1. The first kappa shape index (κ1) is 14.9. The Kier molecular flexibility index (Phi) is 9.12. The van der Waals surface area contributed by atoms with Crippen LogP contribution in [0.5, 0.6) is 0 Å². The number of ether oxygens (including phenoxy) is 1. The van der Waals surface area contributed by atoms with Crippen LogP contribution >= 0.6 is 0 Å². The van der Waals surface area contributed by atoms with Crippen LogP contribution in [0.2, 0.25) is 0 Å². The van der Waals surface area contributed by atoms with E-state index in [9.17, 15) is 0 Å². The Morgan fingerprint density at radius 2 is 1.73 bits per heavy atom. The van der Waals surface area contributed by atoms with Crippen molar-refractivity contribution >= 4 is 0 Å². The van der Waals surface area contributed by atoms with Crippen molar-refractivity contribution in [2.24, 2.45) is 11.8 Å². The minimum Gasteiger partial charge on any atom is -0.383 e. The molecule has 15 heavy (non-hydrogen) atoms. The molecular weight excluding hydrogens is 186 g/mol. The lowest BCUT2D eigenvalue weighted by Gasteiger charge is -2.21. The third kappa shape index (κ3) is 8.88. The molecule has 2 nitrogen and oxygen atoms in total. The normalized spacial score (nSPS) is 13.8. The van der Waals surface area contributed by atoms with Gasteiger partial charge in [-0.1, -0.05) is 40.5 Å². The molecule has 0 aromatic heterocycles. The Morgan fingerprint density at radius 1 is 1.07 bits per heavy atom. The maximum absolute atomic E-state index is 5.20. The highest BCUT2D eigenvalue weighted by Gasteiger charge is 2.11. The highest BCUT2D eigenvalue weighted by Crippen LogP contribution is 2.06. The van der Waals surface area contributed by atoms with Crippen molar-refractivity contribution in [3.05, 3.63) is 0 Å². The van der Waals surface area contributed by atoms with Gasteiger partial charge < -0.3 is 10.1 Å². The molecule has 2 heteroatoms. The number of hydrogen-bond donors (Lipinski definition) is 1. The Bertz CT molecular complexity index is 134.